The molecule has 0 spiro atoms. The third-order valence-corrected chi connectivity index (χ3v) is 6.48. The summed E-state index contributed by atoms with van der Waals surface area (Å²) in [4.78, 5) is 10.3. The fourth-order valence-electron chi connectivity index (χ4n) is 4.45. The van der Waals surface area contributed by atoms with Gasteiger partial charge in [0.2, 0.25) is 0 Å². The molecule has 1 aliphatic rings. The van der Waals surface area contributed by atoms with Crippen LogP contribution in [0.25, 0.3) is 0 Å². The fourth-order valence-corrected chi connectivity index (χ4v) is 4.45. The van der Waals surface area contributed by atoms with Crippen molar-refractivity contribution >= 4 is 5.97 Å². The van der Waals surface area contributed by atoms with Gasteiger partial charge in [0, 0.05) is 6.42 Å². The van der Waals surface area contributed by atoms with Crippen LogP contribution in [0.1, 0.15) is 137 Å². The van der Waals surface area contributed by atoms with Gasteiger partial charge in [-0.3, -0.25) is 4.79 Å². The van der Waals surface area contributed by atoms with Crippen LogP contribution in [0.5, 0.6) is 0 Å². The molecule has 1 rings (SSSR count). The van der Waals surface area contributed by atoms with E-state index in [0.29, 0.717) is 18.3 Å². The molecule has 3 heteroatoms. The highest BCUT2D eigenvalue weighted by Crippen LogP contribution is 2.33. The summed E-state index contributed by atoms with van der Waals surface area (Å²) in [7, 11) is 0. The summed E-state index contributed by atoms with van der Waals surface area (Å²) in [5.41, 5.74) is 0. The number of hydrogen-bond donors (Lipinski definition) is 2. The molecule has 2 N–H and O–H groups in total. The molecule has 0 amide bonds. The molecule has 0 aliphatic heterocycles. The molecule has 0 saturated heterocycles. The first-order valence-electron chi connectivity index (χ1n) is 12.8. The molecular formula is C26H52O3. The van der Waals surface area contributed by atoms with Crippen LogP contribution in [0, 0.1) is 17.8 Å². The van der Waals surface area contributed by atoms with E-state index >= 15 is 0 Å². The molecule has 3 nitrogen and oxygen atoms in total. The highest BCUT2D eigenvalue weighted by molar-refractivity contribution is 5.66. The second-order valence-corrected chi connectivity index (χ2v) is 9.78. The summed E-state index contributed by atoms with van der Waals surface area (Å²) in [6.45, 7) is 8.92. The number of aliphatic carboxylic acids is 1. The lowest BCUT2D eigenvalue weighted by atomic mass is 9.75. The van der Waals surface area contributed by atoms with E-state index in [2.05, 4.69) is 27.7 Å². The largest absolute Gasteiger partial charge is 0.481 e. The molecule has 0 bridgehead atoms. The van der Waals surface area contributed by atoms with Gasteiger partial charge in [0.1, 0.15) is 0 Å². The highest BCUT2D eigenvalue weighted by atomic mass is 16.4. The molecule has 1 aliphatic carbocycles. The van der Waals surface area contributed by atoms with Crippen LogP contribution in [-0.2, 0) is 4.79 Å². The Labute approximate surface area is 182 Å². The monoisotopic (exact) mass is 412 g/mol. The molecule has 1 saturated carbocycles. The molecule has 174 valence electrons. The molecule has 1 fully saturated rings. The third-order valence-electron chi connectivity index (χ3n) is 6.48. The predicted octanol–water partition coefficient (Wildman–Crippen LogP) is 7.99. The van der Waals surface area contributed by atoms with Crippen LogP contribution in [-0.4, -0.2) is 22.3 Å². The number of unbranched alkanes of at least 4 members (excludes halogenated alkanes) is 12. The summed E-state index contributed by atoms with van der Waals surface area (Å²) >= 11 is 0. The van der Waals surface area contributed by atoms with Gasteiger partial charge in [-0.2, -0.15) is 0 Å². The van der Waals surface area contributed by atoms with E-state index in [0.717, 1.165) is 25.2 Å². The van der Waals surface area contributed by atoms with E-state index in [9.17, 15) is 9.90 Å². The average molecular weight is 413 g/mol. The Morgan fingerprint density at radius 1 is 0.828 bits per heavy atom. The van der Waals surface area contributed by atoms with E-state index in [1.54, 1.807) is 0 Å². The molecule has 0 radical (unpaired) electrons. The van der Waals surface area contributed by atoms with Gasteiger partial charge in [0.15, 0.2) is 0 Å². The van der Waals surface area contributed by atoms with E-state index in [1.807, 2.05) is 0 Å². The van der Waals surface area contributed by atoms with Gasteiger partial charge in [-0.1, -0.05) is 111 Å². The van der Waals surface area contributed by atoms with Crippen LogP contribution in [0.3, 0.4) is 0 Å². The Hall–Kier alpha value is -0.570. The topological polar surface area (TPSA) is 57.5 Å². The maximum absolute atomic E-state index is 10.3. The molecule has 0 unspecified atom stereocenters. The number of carboxylic acid groups (broad SMARTS) is 1. The standard InChI is InChI=1S/C16H32O2.C10H20O/c1-2-3-4-5-6-7-8-9-10-11-12-13-14-15-16(17)18;1-7(2)9-5-4-8(3)6-10(9)11/h2-15H2,1H3,(H,17,18);7-11H,4-6H2,1-3H3/t;8-,9+,10-/m.1/s1. The summed E-state index contributed by atoms with van der Waals surface area (Å²) in [6, 6.07) is 0. The van der Waals surface area contributed by atoms with Gasteiger partial charge >= 0.3 is 5.97 Å². The minimum absolute atomic E-state index is 0.0289. The molecule has 3 atom stereocenters. The van der Waals surface area contributed by atoms with Crippen molar-refractivity contribution in [2.75, 3.05) is 0 Å². The lowest BCUT2D eigenvalue weighted by Crippen LogP contribution is -2.31. The van der Waals surface area contributed by atoms with Crippen LogP contribution in [0.15, 0.2) is 0 Å². The Morgan fingerprint density at radius 3 is 1.66 bits per heavy atom. The van der Waals surface area contributed by atoms with Crippen molar-refractivity contribution in [3.63, 3.8) is 0 Å². The molecule has 0 heterocycles. The first-order valence-corrected chi connectivity index (χ1v) is 12.8. The van der Waals surface area contributed by atoms with Crippen molar-refractivity contribution < 1.29 is 15.0 Å². The van der Waals surface area contributed by atoms with Crippen molar-refractivity contribution in [3.05, 3.63) is 0 Å². The SMILES string of the molecule is CC(C)[C@@H]1CC[C@@H](C)C[C@H]1O.CCCCCCCCCCCCCCCC(=O)O. The summed E-state index contributed by atoms with van der Waals surface area (Å²) in [6.07, 6.45) is 20.8. The Kier molecular flexibility index (Phi) is 19.0. The van der Waals surface area contributed by atoms with Crippen molar-refractivity contribution in [1.82, 2.24) is 0 Å². The predicted molar refractivity (Wildman–Crippen MR) is 125 cm³/mol. The zero-order valence-electron chi connectivity index (χ0n) is 20.1. The van der Waals surface area contributed by atoms with E-state index < -0.39 is 5.97 Å². The average Bonchev–Trinajstić information content (AvgIpc) is 2.65. The summed E-state index contributed by atoms with van der Waals surface area (Å²) in [5, 5.41) is 18.2. The van der Waals surface area contributed by atoms with Crippen molar-refractivity contribution in [3.8, 4) is 0 Å². The number of aliphatic hydroxyl groups is 1. The molecular weight excluding hydrogens is 360 g/mol. The smallest absolute Gasteiger partial charge is 0.303 e. The fraction of sp³-hybridized carbons (Fsp3) is 0.962. The van der Waals surface area contributed by atoms with Gasteiger partial charge < -0.3 is 10.2 Å². The maximum Gasteiger partial charge on any atom is 0.303 e. The number of rotatable bonds is 15. The van der Waals surface area contributed by atoms with Crippen LogP contribution >= 0.6 is 0 Å². The van der Waals surface area contributed by atoms with E-state index in [1.165, 1.54) is 83.5 Å². The second-order valence-electron chi connectivity index (χ2n) is 9.78. The van der Waals surface area contributed by atoms with Gasteiger partial charge in [0.05, 0.1) is 6.10 Å². The first-order chi connectivity index (χ1) is 13.9. The van der Waals surface area contributed by atoms with E-state index in [-0.39, 0.29) is 6.10 Å². The maximum atomic E-state index is 10.3. The van der Waals surface area contributed by atoms with Crippen LogP contribution in [0.2, 0.25) is 0 Å². The molecule has 29 heavy (non-hydrogen) atoms. The summed E-state index contributed by atoms with van der Waals surface area (Å²) < 4.78 is 0. The quantitative estimate of drug-likeness (QED) is 0.268. The van der Waals surface area contributed by atoms with Gasteiger partial charge in [0.25, 0.3) is 0 Å². The lowest BCUT2D eigenvalue weighted by molar-refractivity contribution is -0.137. The molecule has 0 aromatic heterocycles. The number of aliphatic hydroxyl groups excluding tert-OH is 1. The second kappa shape index (κ2) is 19.4. The molecule has 0 aromatic rings. The zero-order valence-corrected chi connectivity index (χ0v) is 20.1. The zero-order chi connectivity index (χ0) is 21.9. The highest BCUT2D eigenvalue weighted by Gasteiger charge is 2.28. The third kappa shape index (κ3) is 18.0. The number of hydrogen-bond acceptors (Lipinski definition) is 2. The number of carboxylic acids is 1. The Balaban J connectivity index is 0.000000604. The van der Waals surface area contributed by atoms with Crippen molar-refractivity contribution in [1.29, 1.82) is 0 Å². The molecule has 0 aromatic carbocycles. The van der Waals surface area contributed by atoms with Crippen molar-refractivity contribution in [2.24, 2.45) is 17.8 Å². The van der Waals surface area contributed by atoms with Gasteiger partial charge in [-0.25, -0.2) is 0 Å². The van der Waals surface area contributed by atoms with E-state index in [4.69, 9.17) is 5.11 Å². The van der Waals surface area contributed by atoms with Gasteiger partial charge in [-0.05, 0) is 37.0 Å². The summed E-state index contributed by atoms with van der Waals surface area (Å²) in [5.74, 6) is 1.29. The van der Waals surface area contributed by atoms with Gasteiger partial charge in [-0.15, -0.1) is 0 Å². The van der Waals surface area contributed by atoms with Crippen LogP contribution < -0.4 is 0 Å². The first kappa shape index (κ1) is 28.4. The minimum atomic E-state index is -0.655. The lowest BCUT2D eigenvalue weighted by Gasteiger charge is -2.33. The number of carbonyl (C=O) groups is 1. The van der Waals surface area contributed by atoms with Crippen LogP contribution in [0.4, 0.5) is 0 Å². The van der Waals surface area contributed by atoms with Crippen molar-refractivity contribution in [2.45, 2.75) is 143 Å². The normalized spacial score (nSPS) is 21.7. The Morgan fingerprint density at radius 2 is 1.28 bits per heavy atom. The minimum Gasteiger partial charge on any atom is -0.481 e. The Bertz CT molecular complexity index is 367.